The molecule has 7 nitrogen and oxygen atoms in total. The lowest BCUT2D eigenvalue weighted by Crippen LogP contribution is -2.48. The number of nitrogens with zero attached hydrogens (tertiary/aromatic N) is 2. The van der Waals surface area contributed by atoms with Gasteiger partial charge in [0, 0.05) is 39.3 Å². The van der Waals surface area contributed by atoms with Gasteiger partial charge in [-0.05, 0) is 37.5 Å². The first-order valence-corrected chi connectivity index (χ1v) is 12.5. The minimum atomic E-state index is -3.74. The first kappa shape index (κ1) is 22.3. The van der Waals surface area contributed by atoms with Crippen molar-refractivity contribution >= 4 is 20.0 Å². The van der Waals surface area contributed by atoms with Crippen molar-refractivity contribution in [2.45, 2.75) is 38.5 Å². The molecule has 0 unspecified atom stereocenters. The summed E-state index contributed by atoms with van der Waals surface area (Å²) in [6, 6.07) is 5.33. The van der Waals surface area contributed by atoms with E-state index in [0.29, 0.717) is 44.7 Å². The number of hydrogen-bond donors (Lipinski definition) is 1. The zero-order valence-electron chi connectivity index (χ0n) is 16.4. The van der Waals surface area contributed by atoms with Crippen molar-refractivity contribution in [2.24, 2.45) is 0 Å². The molecule has 0 bridgehead atoms. The van der Waals surface area contributed by atoms with Crippen LogP contribution >= 0.6 is 0 Å². The standard InChI is InChI=1S/C18H31N3O4S2/c1-4-5-10-21(13-14-26(22,23)20-11-8-19-9-12-20)27(24,25)18-15-16(2)6-7-17(18)3/h6-7,15,19H,4-5,8-14H2,1-3H3. The number of nitrogens with one attached hydrogen (secondary N) is 1. The molecular formula is C18H31N3O4S2. The van der Waals surface area contributed by atoms with Crippen molar-refractivity contribution < 1.29 is 16.8 Å². The molecule has 0 amide bonds. The zero-order chi connectivity index (χ0) is 20.1. The van der Waals surface area contributed by atoms with Crippen LogP contribution in [-0.4, -0.2) is 70.5 Å². The van der Waals surface area contributed by atoms with Crippen LogP contribution in [0.1, 0.15) is 30.9 Å². The number of aryl methyl sites for hydroxylation is 2. The van der Waals surface area contributed by atoms with Crippen molar-refractivity contribution in [1.29, 1.82) is 0 Å². The Morgan fingerprint density at radius 3 is 2.37 bits per heavy atom. The van der Waals surface area contributed by atoms with Gasteiger partial charge >= 0.3 is 0 Å². The van der Waals surface area contributed by atoms with Gasteiger partial charge in [0.05, 0.1) is 10.6 Å². The van der Waals surface area contributed by atoms with E-state index in [4.69, 9.17) is 0 Å². The normalized spacial score (nSPS) is 16.7. The molecule has 1 aliphatic rings. The lowest BCUT2D eigenvalue weighted by atomic mass is 10.2. The Morgan fingerprint density at radius 2 is 1.74 bits per heavy atom. The monoisotopic (exact) mass is 417 g/mol. The van der Waals surface area contributed by atoms with Gasteiger partial charge in [0.2, 0.25) is 20.0 Å². The summed E-state index contributed by atoms with van der Waals surface area (Å²) in [5.74, 6) is -0.194. The van der Waals surface area contributed by atoms with E-state index in [0.717, 1.165) is 12.0 Å². The molecule has 27 heavy (non-hydrogen) atoms. The van der Waals surface area contributed by atoms with Crippen LogP contribution in [0, 0.1) is 13.8 Å². The SMILES string of the molecule is CCCCN(CCS(=O)(=O)N1CCNCC1)S(=O)(=O)c1cc(C)ccc1C. The zero-order valence-corrected chi connectivity index (χ0v) is 18.1. The van der Waals surface area contributed by atoms with Gasteiger partial charge in [0.1, 0.15) is 0 Å². The molecule has 0 radical (unpaired) electrons. The second-order valence-corrected chi connectivity index (χ2v) is 11.0. The van der Waals surface area contributed by atoms with Crippen LogP contribution in [0.5, 0.6) is 0 Å². The molecule has 0 saturated carbocycles. The number of benzene rings is 1. The lowest BCUT2D eigenvalue weighted by Gasteiger charge is -2.28. The van der Waals surface area contributed by atoms with Gasteiger partial charge in [-0.3, -0.25) is 0 Å². The van der Waals surface area contributed by atoms with Gasteiger partial charge in [-0.2, -0.15) is 8.61 Å². The molecule has 0 spiro atoms. The summed E-state index contributed by atoms with van der Waals surface area (Å²) < 4.78 is 54.5. The van der Waals surface area contributed by atoms with Gasteiger partial charge in [0.25, 0.3) is 0 Å². The molecule has 1 heterocycles. The Balaban J connectivity index is 2.22. The highest BCUT2D eigenvalue weighted by atomic mass is 32.2. The van der Waals surface area contributed by atoms with E-state index in [1.54, 1.807) is 19.1 Å². The summed E-state index contributed by atoms with van der Waals surface area (Å²) in [6.45, 7) is 8.01. The predicted octanol–water partition coefficient (Wildman–Crippen LogP) is 1.33. The van der Waals surface area contributed by atoms with E-state index in [-0.39, 0.29) is 17.2 Å². The van der Waals surface area contributed by atoms with E-state index in [2.05, 4.69) is 5.32 Å². The Hall–Kier alpha value is -1.00. The van der Waals surface area contributed by atoms with Crippen LogP contribution in [0.15, 0.2) is 23.1 Å². The highest BCUT2D eigenvalue weighted by Gasteiger charge is 2.29. The predicted molar refractivity (Wildman–Crippen MR) is 108 cm³/mol. The van der Waals surface area contributed by atoms with Crippen LogP contribution in [-0.2, 0) is 20.0 Å². The first-order chi connectivity index (χ1) is 12.7. The quantitative estimate of drug-likeness (QED) is 0.655. The van der Waals surface area contributed by atoms with Crippen LogP contribution in [0.25, 0.3) is 0 Å². The number of piperazine rings is 1. The smallest absolute Gasteiger partial charge is 0.243 e. The Labute approximate surface area is 163 Å². The average molecular weight is 418 g/mol. The van der Waals surface area contributed by atoms with E-state index in [9.17, 15) is 16.8 Å². The van der Waals surface area contributed by atoms with Crippen LogP contribution in [0.2, 0.25) is 0 Å². The Morgan fingerprint density at radius 1 is 1.07 bits per heavy atom. The van der Waals surface area contributed by atoms with Crippen molar-refractivity contribution in [3.63, 3.8) is 0 Å². The fourth-order valence-corrected chi connectivity index (χ4v) is 6.43. The molecule has 9 heteroatoms. The topological polar surface area (TPSA) is 86.8 Å². The fourth-order valence-electron chi connectivity index (χ4n) is 3.08. The fraction of sp³-hybridized carbons (Fsp3) is 0.667. The maximum atomic E-state index is 13.2. The van der Waals surface area contributed by atoms with E-state index >= 15 is 0 Å². The van der Waals surface area contributed by atoms with E-state index in [1.807, 2.05) is 19.9 Å². The Bertz CT molecular complexity index is 832. The summed E-state index contributed by atoms with van der Waals surface area (Å²) >= 11 is 0. The summed E-state index contributed by atoms with van der Waals surface area (Å²) in [4.78, 5) is 0.262. The third kappa shape index (κ3) is 5.74. The van der Waals surface area contributed by atoms with Crippen molar-refractivity contribution in [3.8, 4) is 0 Å². The summed E-state index contributed by atoms with van der Waals surface area (Å²) in [7, 11) is -7.22. The number of hydrogen-bond acceptors (Lipinski definition) is 5. The Kier molecular flexibility index (Phi) is 7.82. The lowest BCUT2D eigenvalue weighted by molar-refractivity contribution is 0.355. The summed E-state index contributed by atoms with van der Waals surface area (Å²) in [6.07, 6.45) is 1.53. The number of sulfonamides is 2. The van der Waals surface area contributed by atoms with Crippen molar-refractivity contribution in [1.82, 2.24) is 13.9 Å². The highest BCUT2D eigenvalue weighted by Crippen LogP contribution is 2.22. The second-order valence-electron chi connectivity index (χ2n) is 6.99. The third-order valence-electron chi connectivity index (χ3n) is 4.79. The van der Waals surface area contributed by atoms with Crippen LogP contribution < -0.4 is 5.32 Å². The maximum absolute atomic E-state index is 13.2. The van der Waals surface area contributed by atoms with E-state index < -0.39 is 20.0 Å². The second kappa shape index (κ2) is 9.47. The van der Waals surface area contributed by atoms with E-state index in [1.165, 1.54) is 8.61 Å². The summed E-state index contributed by atoms with van der Waals surface area (Å²) in [5, 5.41) is 3.12. The molecule has 0 atom stereocenters. The molecule has 1 aliphatic heterocycles. The third-order valence-corrected chi connectivity index (χ3v) is 8.68. The van der Waals surface area contributed by atoms with Gasteiger partial charge in [0.15, 0.2) is 0 Å². The molecular weight excluding hydrogens is 386 g/mol. The summed E-state index contributed by atoms with van der Waals surface area (Å²) in [5.41, 5.74) is 1.54. The molecule has 2 rings (SSSR count). The minimum Gasteiger partial charge on any atom is -0.314 e. The number of unbranched alkanes of at least 4 members (excludes halogenated alkanes) is 1. The van der Waals surface area contributed by atoms with Crippen LogP contribution in [0.3, 0.4) is 0 Å². The highest BCUT2D eigenvalue weighted by molar-refractivity contribution is 7.90. The molecule has 0 aliphatic carbocycles. The van der Waals surface area contributed by atoms with Crippen molar-refractivity contribution in [2.75, 3.05) is 45.0 Å². The van der Waals surface area contributed by atoms with Crippen LogP contribution in [0.4, 0.5) is 0 Å². The van der Waals surface area contributed by atoms with Gasteiger partial charge in [-0.1, -0.05) is 25.5 Å². The first-order valence-electron chi connectivity index (χ1n) is 9.44. The number of rotatable bonds is 9. The molecule has 154 valence electrons. The molecule has 1 aromatic carbocycles. The molecule has 1 aromatic rings. The molecule has 1 fully saturated rings. The average Bonchev–Trinajstić information content (AvgIpc) is 2.64. The van der Waals surface area contributed by atoms with Crippen molar-refractivity contribution in [3.05, 3.63) is 29.3 Å². The minimum absolute atomic E-state index is 0.0258. The van der Waals surface area contributed by atoms with Gasteiger partial charge in [-0.15, -0.1) is 0 Å². The van der Waals surface area contributed by atoms with Gasteiger partial charge < -0.3 is 5.32 Å². The molecule has 0 aromatic heterocycles. The van der Waals surface area contributed by atoms with Gasteiger partial charge in [-0.25, -0.2) is 16.8 Å². The molecule has 1 saturated heterocycles. The largest absolute Gasteiger partial charge is 0.314 e. The maximum Gasteiger partial charge on any atom is 0.243 e. The molecule has 1 N–H and O–H groups in total.